The molecule has 1 N–H and O–H groups in total. The van der Waals surface area contributed by atoms with Crippen LogP contribution >= 0.6 is 0 Å². The fourth-order valence-electron chi connectivity index (χ4n) is 2.90. The fourth-order valence-corrected chi connectivity index (χ4v) is 2.90. The van der Waals surface area contributed by atoms with Gasteiger partial charge in [-0.1, -0.05) is 0 Å². The standard InChI is InChI=1S/C16H21N7/c1-10-8-12(3)22(20-10)9-11(2)17-14-6-7-15-18-19-16(13-4-5-13)23(15)21-14/h6-8,11,13H,4-5,9H2,1-3H3,(H,17,21)/t11-/m1/s1. The molecule has 0 bridgehead atoms. The molecule has 0 radical (unpaired) electrons. The van der Waals surface area contributed by atoms with Gasteiger partial charge >= 0.3 is 0 Å². The lowest BCUT2D eigenvalue weighted by Crippen LogP contribution is -2.24. The van der Waals surface area contributed by atoms with E-state index in [4.69, 9.17) is 0 Å². The zero-order valence-electron chi connectivity index (χ0n) is 13.7. The highest BCUT2D eigenvalue weighted by atomic mass is 15.4. The number of aryl methyl sites for hydroxylation is 2. The first-order chi connectivity index (χ1) is 11.1. The van der Waals surface area contributed by atoms with Crippen molar-refractivity contribution in [3.8, 4) is 0 Å². The Bertz CT molecular complexity index is 843. The molecule has 120 valence electrons. The van der Waals surface area contributed by atoms with Crippen molar-refractivity contribution in [2.45, 2.75) is 52.1 Å². The van der Waals surface area contributed by atoms with Crippen LogP contribution in [0.3, 0.4) is 0 Å². The van der Waals surface area contributed by atoms with E-state index in [0.717, 1.165) is 29.5 Å². The Kier molecular flexibility index (Phi) is 3.28. The minimum Gasteiger partial charge on any atom is -0.364 e. The Hall–Kier alpha value is -2.44. The van der Waals surface area contributed by atoms with Gasteiger partial charge in [0.2, 0.25) is 0 Å². The minimum absolute atomic E-state index is 0.221. The largest absolute Gasteiger partial charge is 0.364 e. The summed E-state index contributed by atoms with van der Waals surface area (Å²) < 4.78 is 3.90. The summed E-state index contributed by atoms with van der Waals surface area (Å²) in [5.41, 5.74) is 3.03. The molecular weight excluding hydrogens is 290 g/mol. The maximum atomic E-state index is 4.66. The molecule has 0 aliphatic heterocycles. The zero-order chi connectivity index (χ0) is 16.0. The molecule has 0 unspecified atom stereocenters. The van der Waals surface area contributed by atoms with Gasteiger partial charge in [-0.2, -0.15) is 9.61 Å². The van der Waals surface area contributed by atoms with Crippen molar-refractivity contribution in [3.05, 3.63) is 35.4 Å². The lowest BCUT2D eigenvalue weighted by Gasteiger charge is -2.15. The van der Waals surface area contributed by atoms with Crippen molar-refractivity contribution in [2.24, 2.45) is 0 Å². The Morgan fingerprint density at radius 1 is 1.22 bits per heavy atom. The molecule has 7 nitrogen and oxygen atoms in total. The molecular formula is C16H21N7. The van der Waals surface area contributed by atoms with Crippen LogP contribution < -0.4 is 5.32 Å². The SMILES string of the molecule is Cc1cc(C)n(C[C@@H](C)Nc2ccc3nnc(C4CC4)n3n2)n1. The monoisotopic (exact) mass is 311 g/mol. The Morgan fingerprint density at radius 2 is 2.04 bits per heavy atom. The summed E-state index contributed by atoms with van der Waals surface area (Å²) in [7, 11) is 0. The number of anilines is 1. The Morgan fingerprint density at radius 3 is 2.74 bits per heavy atom. The van der Waals surface area contributed by atoms with E-state index in [1.807, 2.05) is 28.3 Å². The van der Waals surface area contributed by atoms with E-state index in [1.54, 1.807) is 0 Å². The lowest BCUT2D eigenvalue weighted by molar-refractivity contribution is 0.543. The van der Waals surface area contributed by atoms with E-state index in [1.165, 1.54) is 18.5 Å². The molecule has 0 saturated heterocycles. The van der Waals surface area contributed by atoms with Gasteiger partial charge in [0.25, 0.3) is 0 Å². The van der Waals surface area contributed by atoms with Crippen molar-refractivity contribution in [2.75, 3.05) is 5.32 Å². The predicted octanol–water partition coefficient (Wildman–Crippen LogP) is 2.32. The number of fused-ring (bicyclic) bond motifs is 1. The molecule has 1 saturated carbocycles. The predicted molar refractivity (Wildman–Crippen MR) is 87.5 cm³/mol. The molecule has 1 aliphatic carbocycles. The highest BCUT2D eigenvalue weighted by Gasteiger charge is 2.29. The number of hydrogen-bond donors (Lipinski definition) is 1. The van der Waals surface area contributed by atoms with Crippen molar-refractivity contribution in [1.29, 1.82) is 0 Å². The third-order valence-corrected chi connectivity index (χ3v) is 4.17. The molecule has 0 amide bonds. The smallest absolute Gasteiger partial charge is 0.178 e. The fraction of sp³-hybridized carbons (Fsp3) is 0.500. The van der Waals surface area contributed by atoms with Gasteiger partial charge in [0, 0.05) is 17.7 Å². The summed E-state index contributed by atoms with van der Waals surface area (Å²) in [5, 5.41) is 21.1. The van der Waals surface area contributed by atoms with Gasteiger partial charge in [-0.05, 0) is 51.8 Å². The molecule has 0 spiro atoms. The summed E-state index contributed by atoms with van der Waals surface area (Å²) >= 11 is 0. The second-order valence-corrected chi connectivity index (χ2v) is 6.48. The molecule has 23 heavy (non-hydrogen) atoms. The summed E-state index contributed by atoms with van der Waals surface area (Å²) in [4.78, 5) is 0. The number of aromatic nitrogens is 6. The maximum Gasteiger partial charge on any atom is 0.178 e. The number of hydrogen-bond acceptors (Lipinski definition) is 5. The van der Waals surface area contributed by atoms with Crippen LogP contribution in [0.1, 0.15) is 42.9 Å². The van der Waals surface area contributed by atoms with E-state index in [-0.39, 0.29) is 6.04 Å². The summed E-state index contributed by atoms with van der Waals surface area (Å²) in [6.45, 7) is 7.03. The van der Waals surface area contributed by atoms with Gasteiger partial charge in [0.1, 0.15) is 5.82 Å². The number of nitrogens with one attached hydrogen (secondary N) is 1. The van der Waals surface area contributed by atoms with Gasteiger partial charge in [-0.25, -0.2) is 0 Å². The third-order valence-electron chi connectivity index (χ3n) is 4.17. The van der Waals surface area contributed by atoms with E-state index in [0.29, 0.717) is 5.92 Å². The average molecular weight is 311 g/mol. The molecule has 1 aliphatic rings. The summed E-state index contributed by atoms with van der Waals surface area (Å²) in [5.74, 6) is 2.35. The average Bonchev–Trinajstić information content (AvgIpc) is 3.18. The molecule has 1 fully saturated rings. The van der Waals surface area contributed by atoms with E-state index in [9.17, 15) is 0 Å². The molecule has 3 aromatic heterocycles. The molecule has 7 heteroatoms. The minimum atomic E-state index is 0.221. The van der Waals surface area contributed by atoms with Crippen LogP contribution in [0.25, 0.3) is 5.65 Å². The topological polar surface area (TPSA) is 72.9 Å². The van der Waals surface area contributed by atoms with Crippen molar-refractivity contribution in [3.63, 3.8) is 0 Å². The van der Waals surface area contributed by atoms with Crippen LogP contribution in [0, 0.1) is 13.8 Å². The van der Waals surface area contributed by atoms with Crippen molar-refractivity contribution >= 4 is 11.5 Å². The number of nitrogens with zero attached hydrogens (tertiary/aromatic N) is 6. The van der Waals surface area contributed by atoms with Gasteiger partial charge < -0.3 is 5.32 Å². The van der Waals surface area contributed by atoms with Crippen LogP contribution in [0.2, 0.25) is 0 Å². The van der Waals surface area contributed by atoms with E-state index >= 15 is 0 Å². The lowest BCUT2D eigenvalue weighted by atomic mass is 10.3. The summed E-state index contributed by atoms with van der Waals surface area (Å²) in [6.07, 6.45) is 2.38. The van der Waals surface area contributed by atoms with Crippen LogP contribution in [-0.4, -0.2) is 35.6 Å². The van der Waals surface area contributed by atoms with Gasteiger partial charge in [-0.15, -0.1) is 15.3 Å². The highest BCUT2D eigenvalue weighted by Crippen LogP contribution is 2.38. The maximum absolute atomic E-state index is 4.66. The second-order valence-electron chi connectivity index (χ2n) is 6.48. The van der Waals surface area contributed by atoms with Crippen molar-refractivity contribution in [1.82, 2.24) is 29.6 Å². The molecule has 4 rings (SSSR count). The number of rotatable bonds is 5. The first-order valence-corrected chi connectivity index (χ1v) is 8.10. The van der Waals surface area contributed by atoms with Crippen LogP contribution in [-0.2, 0) is 6.54 Å². The van der Waals surface area contributed by atoms with E-state index < -0.39 is 0 Å². The van der Waals surface area contributed by atoms with Gasteiger partial charge in [0.15, 0.2) is 11.5 Å². The summed E-state index contributed by atoms with van der Waals surface area (Å²) in [6, 6.07) is 6.23. The Labute approximate surface area is 134 Å². The zero-order valence-corrected chi connectivity index (χ0v) is 13.7. The van der Waals surface area contributed by atoms with Crippen molar-refractivity contribution < 1.29 is 0 Å². The third kappa shape index (κ3) is 2.78. The first kappa shape index (κ1) is 14.2. The molecule has 1 atom stereocenters. The van der Waals surface area contributed by atoms with Crippen LogP contribution in [0.15, 0.2) is 18.2 Å². The molecule has 3 aromatic rings. The second kappa shape index (κ2) is 5.33. The molecule has 0 aromatic carbocycles. The molecule has 3 heterocycles. The van der Waals surface area contributed by atoms with Crippen LogP contribution in [0.4, 0.5) is 5.82 Å². The normalized spacial score (nSPS) is 16.0. The van der Waals surface area contributed by atoms with E-state index in [2.05, 4.69) is 45.6 Å². The van der Waals surface area contributed by atoms with Crippen LogP contribution in [0.5, 0.6) is 0 Å². The quantitative estimate of drug-likeness (QED) is 0.783. The first-order valence-electron chi connectivity index (χ1n) is 8.10. The Balaban J connectivity index is 1.52. The van der Waals surface area contributed by atoms with Gasteiger partial charge in [0.05, 0.1) is 12.2 Å². The van der Waals surface area contributed by atoms with Gasteiger partial charge in [-0.3, -0.25) is 4.68 Å². The highest BCUT2D eigenvalue weighted by molar-refractivity contribution is 5.44.